The highest BCUT2D eigenvalue weighted by atomic mass is 16.5. The first-order chi connectivity index (χ1) is 10.3. The summed E-state index contributed by atoms with van der Waals surface area (Å²) < 4.78 is 4.96. The molecule has 5 nitrogen and oxygen atoms in total. The van der Waals surface area contributed by atoms with Crippen LogP contribution >= 0.6 is 0 Å². The van der Waals surface area contributed by atoms with Gasteiger partial charge in [-0.25, -0.2) is 0 Å². The molecule has 0 radical (unpaired) electrons. The van der Waals surface area contributed by atoms with Gasteiger partial charge < -0.3 is 15.4 Å². The standard InChI is InChI=1S/C16H25N3O2/c1-21-11-5-9-17-16(20)13-19-10-8-15(12-19)18-14-6-3-2-4-7-14/h2-4,6-7,15,18H,5,8-13H2,1H3,(H,17,20)/t15-/m0/s1. The zero-order chi connectivity index (χ0) is 14.9. The number of carbonyl (C=O) groups is 1. The van der Waals surface area contributed by atoms with Crippen LogP contribution in [-0.4, -0.2) is 56.7 Å². The molecule has 1 atom stereocenters. The maximum Gasteiger partial charge on any atom is 0.234 e. The molecule has 21 heavy (non-hydrogen) atoms. The first-order valence-corrected chi connectivity index (χ1v) is 7.57. The van der Waals surface area contributed by atoms with Gasteiger partial charge in [-0.05, 0) is 25.0 Å². The van der Waals surface area contributed by atoms with E-state index in [9.17, 15) is 4.79 Å². The molecule has 5 heteroatoms. The Bertz CT molecular complexity index is 425. The number of amides is 1. The van der Waals surface area contributed by atoms with Crippen molar-refractivity contribution in [3.63, 3.8) is 0 Å². The molecule has 1 aromatic carbocycles. The molecule has 0 saturated carbocycles. The molecule has 1 aliphatic heterocycles. The molecule has 1 amide bonds. The summed E-state index contributed by atoms with van der Waals surface area (Å²) in [7, 11) is 1.67. The van der Waals surface area contributed by atoms with Crippen molar-refractivity contribution in [1.82, 2.24) is 10.2 Å². The number of hydrogen-bond donors (Lipinski definition) is 2. The quantitative estimate of drug-likeness (QED) is 0.710. The lowest BCUT2D eigenvalue weighted by atomic mass is 10.2. The van der Waals surface area contributed by atoms with Crippen LogP contribution in [0.5, 0.6) is 0 Å². The largest absolute Gasteiger partial charge is 0.385 e. The molecule has 2 N–H and O–H groups in total. The number of hydrogen-bond acceptors (Lipinski definition) is 4. The zero-order valence-corrected chi connectivity index (χ0v) is 12.7. The van der Waals surface area contributed by atoms with E-state index in [1.807, 2.05) is 18.2 Å². The van der Waals surface area contributed by atoms with Crippen LogP contribution in [0.3, 0.4) is 0 Å². The van der Waals surface area contributed by atoms with Crippen molar-refractivity contribution < 1.29 is 9.53 Å². The molecule has 1 heterocycles. The van der Waals surface area contributed by atoms with Gasteiger partial charge in [0.25, 0.3) is 0 Å². The molecule has 0 aliphatic carbocycles. The van der Waals surface area contributed by atoms with E-state index in [1.165, 1.54) is 0 Å². The Labute approximate surface area is 126 Å². The minimum Gasteiger partial charge on any atom is -0.385 e. The number of ether oxygens (including phenoxy) is 1. The molecule has 116 valence electrons. The second-order valence-electron chi connectivity index (χ2n) is 5.43. The highest BCUT2D eigenvalue weighted by molar-refractivity contribution is 5.78. The van der Waals surface area contributed by atoms with Crippen LogP contribution < -0.4 is 10.6 Å². The third-order valence-corrected chi connectivity index (χ3v) is 3.63. The molecule has 1 fully saturated rings. The minimum absolute atomic E-state index is 0.103. The number of nitrogens with zero attached hydrogens (tertiary/aromatic N) is 1. The third-order valence-electron chi connectivity index (χ3n) is 3.63. The Kier molecular flexibility index (Phi) is 6.50. The first kappa shape index (κ1) is 15.8. The maximum absolute atomic E-state index is 11.8. The Morgan fingerprint density at radius 2 is 2.19 bits per heavy atom. The SMILES string of the molecule is COCCCNC(=O)CN1CC[C@H](Nc2ccccc2)C1. The molecular formula is C16H25N3O2. The molecule has 0 spiro atoms. The van der Waals surface area contributed by atoms with Gasteiger partial charge in [-0.3, -0.25) is 9.69 Å². The minimum atomic E-state index is 0.103. The molecule has 0 unspecified atom stereocenters. The van der Waals surface area contributed by atoms with Crippen LogP contribution in [0, 0.1) is 0 Å². The number of rotatable bonds is 8. The Morgan fingerprint density at radius 3 is 2.95 bits per heavy atom. The van der Waals surface area contributed by atoms with Gasteiger partial charge in [0.15, 0.2) is 0 Å². The Morgan fingerprint density at radius 1 is 1.38 bits per heavy atom. The predicted molar refractivity (Wildman–Crippen MR) is 84.4 cm³/mol. The van der Waals surface area contributed by atoms with Crippen molar-refractivity contribution in [2.24, 2.45) is 0 Å². The summed E-state index contributed by atoms with van der Waals surface area (Å²) in [6, 6.07) is 10.6. The van der Waals surface area contributed by atoms with Crippen molar-refractivity contribution in [3.8, 4) is 0 Å². The number of benzene rings is 1. The van der Waals surface area contributed by atoms with E-state index in [4.69, 9.17) is 4.74 Å². The number of methoxy groups -OCH3 is 1. The van der Waals surface area contributed by atoms with Crippen LogP contribution in [0.25, 0.3) is 0 Å². The van der Waals surface area contributed by atoms with Gasteiger partial charge in [0.05, 0.1) is 6.54 Å². The van der Waals surface area contributed by atoms with Crippen molar-refractivity contribution in [2.45, 2.75) is 18.9 Å². The molecule has 1 aromatic rings. The number of carbonyl (C=O) groups excluding carboxylic acids is 1. The van der Waals surface area contributed by atoms with E-state index in [0.29, 0.717) is 25.7 Å². The van der Waals surface area contributed by atoms with Crippen LogP contribution in [0.1, 0.15) is 12.8 Å². The average molecular weight is 291 g/mol. The second kappa shape index (κ2) is 8.64. The summed E-state index contributed by atoms with van der Waals surface area (Å²) in [6.45, 7) is 3.75. The highest BCUT2D eigenvalue weighted by Gasteiger charge is 2.23. The first-order valence-electron chi connectivity index (χ1n) is 7.57. The summed E-state index contributed by atoms with van der Waals surface area (Å²) in [6.07, 6.45) is 1.94. The smallest absolute Gasteiger partial charge is 0.234 e. The number of nitrogens with one attached hydrogen (secondary N) is 2. The third kappa shape index (κ3) is 5.73. The fourth-order valence-corrected chi connectivity index (χ4v) is 2.57. The summed E-state index contributed by atoms with van der Waals surface area (Å²) in [4.78, 5) is 14.0. The van der Waals surface area contributed by atoms with Gasteiger partial charge in [0, 0.05) is 45.1 Å². The van der Waals surface area contributed by atoms with Gasteiger partial charge in [-0.15, -0.1) is 0 Å². The molecule has 0 aromatic heterocycles. The number of anilines is 1. The van der Waals surface area contributed by atoms with Gasteiger partial charge >= 0.3 is 0 Å². The van der Waals surface area contributed by atoms with Crippen molar-refractivity contribution in [1.29, 1.82) is 0 Å². The molecule has 2 rings (SSSR count). The van der Waals surface area contributed by atoms with Crippen LogP contribution in [0.2, 0.25) is 0 Å². The van der Waals surface area contributed by atoms with Crippen molar-refractivity contribution >= 4 is 11.6 Å². The average Bonchev–Trinajstić information content (AvgIpc) is 2.92. The Hall–Kier alpha value is -1.59. The second-order valence-corrected chi connectivity index (χ2v) is 5.43. The lowest BCUT2D eigenvalue weighted by Gasteiger charge is -2.17. The van der Waals surface area contributed by atoms with Gasteiger partial charge in [0.1, 0.15) is 0 Å². The van der Waals surface area contributed by atoms with Crippen LogP contribution in [0.15, 0.2) is 30.3 Å². The molecule has 1 saturated heterocycles. The fourth-order valence-electron chi connectivity index (χ4n) is 2.57. The van der Waals surface area contributed by atoms with E-state index in [-0.39, 0.29) is 5.91 Å². The molecule has 1 aliphatic rings. The van der Waals surface area contributed by atoms with E-state index in [1.54, 1.807) is 7.11 Å². The number of likely N-dealkylation sites (tertiary alicyclic amines) is 1. The topological polar surface area (TPSA) is 53.6 Å². The maximum atomic E-state index is 11.8. The van der Waals surface area contributed by atoms with E-state index in [0.717, 1.165) is 31.6 Å². The summed E-state index contributed by atoms with van der Waals surface area (Å²) in [5, 5.41) is 6.44. The normalized spacial score (nSPS) is 18.6. The lowest BCUT2D eigenvalue weighted by molar-refractivity contribution is -0.122. The van der Waals surface area contributed by atoms with E-state index < -0.39 is 0 Å². The van der Waals surface area contributed by atoms with Gasteiger partial charge in [0.2, 0.25) is 5.91 Å². The monoisotopic (exact) mass is 291 g/mol. The highest BCUT2D eigenvalue weighted by Crippen LogP contribution is 2.15. The number of para-hydroxylation sites is 1. The van der Waals surface area contributed by atoms with Gasteiger partial charge in [-0.2, -0.15) is 0 Å². The molecule has 0 bridgehead atoms. The van der Waals surface area contributed by atoms with E-state index in [2.05, 4.69) is 27.7 Å². The summed E-state index contributed by atoms with van der Waals surface area (Å²) in [5.41, 5.74) is 1.15. The van der Waals surface area contributed by atoms with Crippen molar-refractivity contribution in [3.05, 3.63) is 30.3 Å². The lowest BCUT2D eigenvalue weighted by Crippen LogP contribution is -2.37. The predicted octanol–water partition coefficient (Wildman–Crippen LogP) is 1.33. The summed E-state index contributed by atoms with van der Waals surface area (Å²) >= 11 is 0. The Balaban J connectivity index is 1.64. The zero-order valence-electron chi connectivity index (χ0n) is 12.7. The van der Waals surface area contributed by atoms with Crippen molar-refractivity contribution in [2.75, 3.05) is 45.2 Å². The van der Waals surface area contributed by atoms with Gasteiger partial charge in [-0.1, -0.05) is 18.2 Å². The van der Waals surface area contributed by atoms with Crippen LogP contribution in [0.4, 0.5) is 5.69 Å². The summed E-state index contributed by atoms with van der Waals surface area (Å²) in [5.74, 6) is 0.103. The van der Waals surface area contributed by atoms with E-state index >= 15 is 0 Å². The molecular weight excluding hydrogens is 266 g/mol. The fraction of sp³-hybridized carbons (Fsp3) is 0.562. The van der Waals surface area contributed by atoms with Crippen LogP contribution in [-0.2, 0) is 9.53 Å².